The summed E-state index contributed by atoms with van der Waals surface area (Å²) < 4.78 is 14.9. The molecule has 1 atom stereocenters. The van der Waals surface area contributed by atoms with Crippen molar-refractivity contribution in [1.82, 2.24) is 29.8 Å². The first-order valence-corrected chi connectivity index (χ1v) is 17.6. The van der Waals surface area contributed by atoms with Gasteiger partial charge in [0.05, 0.1) is 23.2 Å². The summed E-state index contributed by atoms with van der Waals surface area (Å²) in [6, 6.07) is 11.7. The number of nitrogens with zero attached hydrogens (tertiary/aromatic N) is 5. The molecule has 0 radical (unpaired) electrons. The maximum absolute atomic E-state index is 14.9. The first-order valence-electron chi connectivity index (χ1n) is 17.6. The molecule has 2 aliphatic heterocycles. The summed E-state index contributed by atoms with van der Waals surface area (Å²) in [5, 5.41) is 7.96. The Balaban J connectivity index is 0.00000221. The van der Waals surface area contributed by atoms with E-state index in [-0.39, 0.29) is 35.5 Å². The number of carbonyl (C=O) groups is 3. The summed E-state index contributed by atoms with van der Waals surface area (Å²) in [6.07, 6.45) is 7.02. The average molecular weight is 661 g/mol. The van der Waals surface area contributed by atoms with Crippen LogP contribution in [-0.4, -0.2) is 106 Å². The maximum Gasteiger partial charge on any atom is 0.272 e. The lowest BCUT2D eigenvalue weighted by Crippen LogP contribution is -2.57. The summed E-state index contributed by atoms with van der Waals surface area (Å²) in [5.74, 6) is -0.239. The number of halogens is 1. The fraction of sp³-hybridized carbons (Fsp3) is 0.541. The summed E-state index contributed by atoms with van der Waals surface area (Å²) in [6.45, 7) is 9.71. The number of amides is 3. The van der Waals surface area contributed by atoms with Crippen LogP contribution in [0.15, 0.2) is 47.3 Å². The minimum absolute atomic E-state index is 0.00902. The Morgan fingerprint density at radius 3 is 2.23 bits per heavy atom. The van der Waals surface area contributed by atoms with Gasteiger partial charge in [0.25, 0.3) is 11.5 Å². The monoisotopic (exact) mass is 660 g/mol. The van der Waals surface area contributed by atoms with Crippen molar-refractivity contribution in [3.63, 3.8) is 0 Å². The quantitative estimate of drug-likeness (QED) is 0.401. The predicted octanol–water partition coefficient (Wildman–Crippen LogP) is 4.47. The molecule has 0 bridgehead atoms. The van der Waals surface area contributed by atoms with Crippen molar-refractivity contribution in [3.05, 3.63) is 75.5 Å². The molecule has 3 amide bonds. The molecule has 2 saturated heterocycles. The van der Waals surface area contributed by atoms with Gasteiger partial charge in [-0.05, 0) is 49.4 Å². The number of hydrogen-bond donors (Lipinski definition) is 1. The fourth-order valence-electron chi connectivity index (χ4n) is 7.17. The van der Waals surface area contributed by atoms with Crippen molar-refractivity contribution in [2.75, 3.05) is 52.4 Å². The van der Waals surface area contributed by atoms with Gasteiger partial charge >= 0.3 is 0 Å². The number of H-pyrrole nitrogens is 1. The number of carbonyl (C=O) groups excluding carboxylic acids is 3. The van der Waals surface area contributed by atoms with Crippen molar-refractivity contribution >= 4 is 28.5 Å². The SMILES string of the molecule is CC.CC1CN(C(=O)CC2CCCCC2)CCN1CC(=O)N1CCN(C(=O)c2cc(Cc3n[nH]c(=O)c4ccccc34)ccc2F)CC1. The predicted molar refractivity (Wildman–Crippen MR) is 184 cm³/mol. The van der Waals surface area contributed by atoms with Gasteiger partial charge in [-0.3, -0.25) is 24.1 Å². The molecule has 3 heterocycles. The highest BCUT2D eigenvalue weighted by Crippen LogP contribution is 2.27. The smallest absolute Gasteiger partial charge is 0.272 e. The average Bonchev–Trinajstić information content (AvgIpc) is 3.12. The zero-order valence-corrected chi connectivity index (χ0v) is 28.5. The number of rotatable bonds is 7. The molecule has 10 nitrogen and oxygen atoms in total. The van der Waals surface area contributed by atoms with Gasteiger partial charge in [-0.15, -0.1) is 0 Å². The van der Waals surface area contributed by atoms with E-state index in [1.807, 2.05) is 30.9 Å². The molecule has 48 heavy (non-hydrogen) atoms. The topological polar surface area (TPSA) is 110 Å². The van der Waals surface area contributed by atoms with Crippen LogP contribution < -0.4 is 5.56 Å². The van der Waals surface area contributed by atoms with Crippen LogP contribution in [0, 0.1) is 11.7 Å². The Morgan fingerprint density at radius 1 is 0.854 bits per heavy atom. The van der Waals surface area contributed by atoms with E-state index in [2.05, 4.69) is 22.0 Å². The van der Waals surface area contributed by atoms with Crippen LogP contribution in [0.5, 0.6) is 0 Å². The number of benzene rings is 2. The Kier molecular flexibility index (Phi) is 12.0. The molecule has 1 saturated carbocycles. The van der Waals surface area contributed by atoms with Crippen molar-refractivity contribution in [1.29, 1.82) is 0 Å². The highest BCUT2D eigenvalue weighted by Gasteiger charge is 2.32. The molecule has 1 unspecified atom stereocenters. The van der Waals surface area contributed by atoms with Gasteiger partial charge in [-0.1, -0.05) is 57.4 Å². The van der Waals surface area contributed by atoms with Gasteiger partial charge in [0.1, 0.15) is 5.82 Å². The van der Waals surface area contributed by atoms with Gasteiger partial charge in [0.2, 0.25) is 11.8 Å². The molecule has 2 aromatic carbocycles. The Labute approximate surface area is 282 Å². The van der Waals surface area contributed by atoms with Crippen LogP contribution in [-0.2, 0) is 16.0 Å². The number of aromatic nitrogens is 2. The first kappa shape index (κ1) is 35.2. The lowest BCUT2D eigenvalue weighted by molar-refractivity contribution is -0.138. The van der Waals surface area contributed by atoms with Crippen LogP contribution in [0.1, 0.15) is 80.9 Å². The van der Waals surface area contributed by atoms with E-state index >= 15 is 0 Å². The van der Waals surface area contributed by atoms with Crippen LogP contribution in [0.2, 0.25) is 0 Å². The summed E-state index contributed by atoms with van der Waals surface area (Å²) in [4.78, 5) is 59.2. The molecule has 1 aliphatic carbocycles. The van der Waals surface area contributed by atoms with Crippen LogP contribution in [0.4, 0.5) is 4.39 Å². The van der Waals surface area contributed by atoms with E-state index in [9.17, 15) is 23.6 Å². The summed E-state index contributed by atoms with van der Waals surface area (Å²) in [7, 11) is 0. The molecule has 3 aliphatic rings. The minimum Gasteiger partial charge on any atom is -0.340 e. The second kappa shape index (κ2) is 16.3. The van der Waals surface area contributed by atoms with E-state index in [0.29, 0.717) is 86.6 Å². The molecular weight excluding hydrogens is 611 g/mol. The molecule has 258 valence electrons. The number of hydrogen-bond acceptors (Lipinski definition) is 6. The zero-order valence-electron chi connectivity index (χ0n) is 28.5. The Hall–Kier alpha value is -4.12. The highest BCUT2D eigenvalue weighted by molar-refractivity contribution is 5.95. The summed E-state index contributed by atoms with van der Waals surface area (Å²) in [5.41, 5.74) is 1.04. The highest BCUT2D eigenvalue weighted by atomic mass is 19.1. The van der Waals surface area contributed by atoms with Crippen molar-refractivity contribution in [3.8, 4) is 0 Å². The van der Waals surface area contributed by atoms with Gasteiger partial charge in [0.15, 0.2) is 0 Å². The standard InChI is InChI=1S/C35H43FN6O4.C2H6/c1-24-22-42(32(43)21-25-7-3-2-4-8-25)18-17-41(24)23-33(44)39-13-15-40(16-14-39)35(46)29-19-26(11-12-30(29)36)20-31-27-9-5-6-10-28(27)34(45)38-37-31;1-2/h5-6,9-12,19,24-25H,2-4,7-8,13-18,20-23H2,1H3,(H,38,45);1-2H3. The molecule has 11 heteroatoms. The normalized spacial score (nSPS) is 19.2. The fourth-order valence-corrected chi connectivity index (χ4v) is 7.17. The third-order valence-electron chi connectivity index (χ3n) is 9.97. The second-order valence-corrected chi connectivity index (χ2v) is 13.1. The van der Waals surface area contributed by atoms with Gasteiger partial charge < -0.3 is 14.7 Å². The molecule has 6 rings (SSSR count). The van der Waals surface area contributed by atoms with Gasteiger partial charge in [0, 0.05) is 70.1 Å². The number of fused-ring (bicyclic) bond motifs is 1. The van der Waals surface area contributed by atoms with E-state index in [4.69, 9.17) is 0 Å². The Morgan fingerprint density at radius 2 is 1.52 bits per heavy atom. The molecule has 1 aromatic heterocycles. The Bertz CT molecular complexity index is 1650. The molecule has 3 aromatic rings. The first-order chi connectivity index (χ1) is 23.3. The third kappa shape index (κ3) is 8.29. The van der Waals surface area contributed by atoms with E-state index in [1.165, 1.54) is 25.3 Å². The van der Waals surface area contributed by atoms with Crippen LogP contribution >= 0.6 is 0 Å². The number of aromatic amines is 1. The number of piperazine rings is 2. The van der Waals surface area contributed by atoms with E-state index in [0.717, 1.165) is 12.8 Å². The molecule has 1 N–H and O–H groups in total. The lowest BCUT2D eigenvalue weighted by atomic mass is 9.86. The lowest BCUT2D eigenvalue weighted by Gasteiger charge is -2.41. The minimum atomic E-state index is -0.600. The van der Waals surface area contributed by atoms with E-state index in [1.54, 1.807) is 34.1 Å². The zero-order chi connectivity index (χ0) is 34.2. The largest absolute Gasteiger partial charge is 0.340 e. The number of nitrogens with one attached hydrogen (secondary N) is 1. The van der Waals surface area contributed by atoms with Crippen LogP contribution in [0.3, 0.4) is 0 Å². The molecule has 0 spiro atoms. The maximum atomic E-state index is 14.9. The second-order valence-electron chi connectivity index (χ2n) is 13.1. The third-order valence-corrected chi connectivity index (χ3v) is 9.97. The van der Waals surface area contributed by atoms with Gasteiger partial charge in [-0.2, -0.15) is 5.10 Å². The van der Waals surface area contributed by atoms with Crippen molar-refractivity contribution < 1.29 is 18.8 Å². The molecular formula is C37H49FN6O4. The van der Waals surface area contributed by atoms with Crippen molar-refractivity contribution in [2.24, 2.45) is 5.92 Å². The van der Waals surface area contributed by atoms with Crippen molar-refractivity contribution in [2.45, 2.75) is 71.8 Å². The summed E-state index contributed by atoms with van der Waals surface area (Å²) >= 11 is 0. The van der Waals surface area contributed by atoms with E-state index < -0.39 is 11.7 Å². The van der Waals surface area contributed by atoms with Crippen LogP contribution in [0.25, 0.3) is 10.8 Å². The molecule has 3 fully saturated rings. The van der Waals surface area contributed by atoms with Gasteiger partial charge in [-0.25, -0.2) is 9.49 Å².